The summed E-state index contributed by atoms with van der Waals surface area (Å²) < 4.78 is 6.64. The van der Waals surface area contributed by atoms with E-state index in [2.05, 4.69) is 37.2 Å². The second-order valence-electron chi connectivity index (χ2n) is 4.05. The molecule has 0 aliphatic heterocycles. The molecule has 2 aromatic rings. The Hall–Kier alpha value is -0.750. The van der Waals surface area contributed by atoms with Gasteiger partial charge in [-0.2, -0.15) is 0 Å². The van der Waals surface area contributed by atoms with E-state index in [0.29, 0.717) is 31.5 Å². The molecule has 0 saturated heterocycles. The Bertz CT molecular complexity index is 708. The molecule has 1 N–H and O–H groups in total. The summed E-state index contributed by atoms with van der Waals surface area (Å²) in [6.07, 6.45) is 0. The molecule has 2 aromatic carbocycles. The first-order valence-corrected chi connectivity index (χ1v) is 8.06. The fourth-order valence-electron chi connectivity index (χ4n) is 1.69. The Morgan fingerprint density at radius 1 is 1.14 bits per heavy atom. The molecule has 7 heteroatoms. The molecule has 0 saturated carbocycles. The van der Waals surface area contributed by atoms with E-state index >= 15 is 0 Å². The standard InChI is InChI=1S/C14H9Br2Cl2NO2/c1-21-13-10(16)5-8(17)6-12(13)19-14(20)7-2-3-9(15)11(18)4-7/h2-6H,1H3,(H,19,20). The number of hydrogen-bond acceptors (Lipinski definition) is 2. The molecule has 0 aromatic heterocycles. The molecule has 0 heterocycles. The smallest absolute Gasteiger partial charge is 0.255 e. The van der Waals surface area contributed by atoms with Crippen LogP contribution >= 0.6 is 55.1 Å². The van der Waals surface area contributed by atoms with Crippen molar-refractivity contribution in [1.29, 1.82) is 0 Å². The lowest BCUT2D eigenvalue weighted by molar-refractivity contribution is 0.102. The number of ether oxygens (including phenoxy) is 1. The van der Waals surface area contributed by atoms with Crippen LogP contribution in [0, 0.1) is 0 Å². The first-order chi connectivity index (χ1) is 9.92. The Morgan fingerprint density at radius 2 is 1.86 bits per heavy atom. The molecular formula is C14H9Br2Cl2NO2. The lowest BCUT2D eigenvalue weighted by Crippen LogP contribution is -2.12. The largest absolute Gasteiger partial charge is 0.493 e. The highest BCUT2D eigenvalue weighted by molar-refractivity contribution is 9.10. The number of benzene rings is 2. The van der Waals surface area contributed by atoms with E-state index < -0.39 is 0 Å². The number of amides is 1. The Kier molecular flexibility index (Phi) is 5.54. The molecule has 0 fully saturated rings. The lowest BCUT2D eigenvalue weighted by atomic mass is 10.2. The van der Waals surface area contributed by atoms with Crippen LogP contribution in [0.15, 0.2) is 39.3 Å². The molecule has 2 rings (SSSR count). The highest BCUT2D eigenvalue weighted by Crippen LogP contribution is 2.36. The van der Waals surface area contributed by atoms with Crippen LogP contribution < -0.4 is 10.1 Å². The summed E-state index contributed by atoms with van der Waals surface area (Å²) >= 11 is 18.6. The predicted molar refractivity (Wildman–Crippen MR) is 92.8 cm³/mol. The average molecular weight is 454 g/mol. The summed E-state index contributed by atoms with van der Waals surface area (Å²) in [4.78, 5) is 12.3. The molecule has 0 spiro atoms. The number of hydrogen-bond donors (Lipinski definition) is 1. The van der Waals surface area contributed by atoms with E-state index in [1.165, 1.54) is 7.11 Å². The van der Waals surface area contributed by atoms with Gasteiger partial charge in [-0.05, 0) is 62.2 Å². The molecule has 0 radical (unpaired) electrons. The summed E-state index contributed by atoms with van der Waals surface area (Å²) in [5.41, 5.74) is 0.905. The van der Waals surface area contributed by atoms with Crippen molar-refractivity contribution in [3.05, 3.63) is 54.9 Å². The van der Waals surface area contributed by atoms with E-state index in [4.69, 9.17) is 27.9 Å². The fraction of sp³-hybridized carbons (Fsp3) is 0.0714. The van der Waals surface area contributed by atoms with Gasteiger partial charge in [0.2, 0.25) is 0 Å². The number of methoxy groups -OCH3 is 1. The molecule has 0 aliphatic rings. The van der Waals surface area contributed by atoms with Gasteiger partial charge in [0.25, 0.3) is 5.91 Å². The zero-order valence-electron chi connectivity index (χ0n) is 10.7. The third kappa shape index (κ3) is 3.92. The summed E-state index contributed by atoms with van der Waals surface area (Å²) in [5, 5.41) is 3.69. The third-order valence-corrected chi connectivity index (χ3v) is 4.68. The second kappa shape index (κ2) is 7.01. The summed E-state index contributed by atoms with van der Waals surface area (Å²) in [6, 6.07) is 8.25. The minimum Gasteiger partial charge on any atom is -0.493 e. The minimum absolute atomic E-state index is 0.308. The maximum atomic E-state index is 12.3. The van der Waals surface area contributed by atoms with Crippen LogP contribution in [0.25, 0.3) is 0 Å². The van der Waals surface area contributed by atoms with Crippen molar-refractivity contribution in [2.24, 2.45) is 0 Å². The summed E-state index contributed by atoms with van der Waals surface area (Å²) in [5.74, 6) is 0.188. The van der Waals surface area contributed by atoms with Crippen LogP contribution in [-0.4, -0.2) is 13.0 Å². The number of nitrogens with one attached hydrogen (secondary N) is 1. The average Bonchev–Trinajstić information content (AvgIpc) is 2.41. The van der Waals surface area contributed by atoms with Gasteiger partial charge >= 0.3 is 0 Å². The zero-order valence-corrected chi connectivity index (χ0v) is 15.4. The summed E-state index contributed by atoms with van der Waals surface area (Å²) in [6.45, 7) is 0. The lowest BCUT2D eigenvalue weighted by Gasteiger charge is -2.12. The number of carbonyl (C=O) groups is 1. The summed E-state index contributed by atoms with van der Waals surface area (Å²) in [7, 11) is 1.51. The van der Waals surface area contributed by atoms with Gasteiger partial charge in [-0.25, -0.2) is 0 Å². The maximum Gasteiger partial charge on any atom is 0.255 e. The number of anilines is 1. The van der Waals surface area contributed by atoms with Crippen molar-refractivity contribution in [3.63, 3.8) is 0 Å². The topological polar surface area (TPSA) is 38.3 Å². The Labute approximate surface area is 148 Å². The number of rotatable bonds is 3. The van der Waals surface area contributed by atoms with Gasteiger partial charge in [0.1, 0.15) is 0 Å². The van der Waals surface area contributed by atoms with Crippen molar-refractivity contribution in [3.8, 4) is 5.75 Å². The quantitative estimate of drug-likeness (QED) is 0.639. The van der Waals surface area contributed by atoms with Crippen LogP contribution in [0.5, 0.6) is 5.75 Å². The van der Waals surface area contributed by atoms with Crippen LogP contribution in [0.2, 0.25) is 10.0 Å². The van der Waals surface area contributed by atoms with Crippen LogP contribution in [0.1, 0.15) is 10.4 Å². The van der Waals surface area contributed by atoms with Gasteiger partial charge < -0.3 is 10.1 Å². The second-order valence-corrected chi connectivity index (χ2v) is 6.60. The molecule has 0 aliphatic carbocycles. The maximum absolute atomic E-state index is 12.3. The fourth-order valence-corrected chi connectivity index (χ4v) is 3.09. The minimum atomic E-state index is -0.308. The van der Waals surface area contributed by atoms with Crippen LogP contribution in [0.3, 0.4) is 0 Å². The van der Waals surface area contributed by atoms with E-state index in [0.717, 1.165) is 4.47 Å². The van der Waals surface area contributed by atoms with E-state index in [-0.39, 0.29) is 5.91 Å². The number of halogens is 4. The van der Waals surface area contributed by atoms with Gasteiger partial charge in [0.15, 0.2) is 5.75 Å². The SMILES string of the molecule is COc1c(Br)cc(Cl)cc1NC(=O)c1ccc(Br)c(Cl)c1. The Morgan fingerprint density at radius 3 is 2.48 bits per heavy atom. The van der Waals surface area contributed by atoms with Gasteiger partial charge in [0, 0.05) is 15.1 Å². The molecule has 3 nitrogen and oxygen atoms in total. The van der Waals surface area contributed by atoms with Crippen LogP contribution in [0.4, 0.5) is 5.69 Å². The first-order valence-electron chi connectivity index (χ1n) is 5.72. The van der Waals surface area contributed by atoms with Crippen molar-refractivity contribution in [1.82, 2.24) is 0 Å². The molecule has 1 amide bonds. The molecule has 0 bridgehead atoms. The highest BCUT2D eigenvalue weighted by atomic mass is 79.9. The van der Waals surface area contributed by atoms with Crippen molar-refractivity contribution < 1.29 is 9.53 Å². The highest BCUT2D eigenvalue weighted by Gasteiger charge is 2.14. The normalized spacial score (nSPS) is 10.3. The Balaban J connectivity index is 2.33. The van der Waals surface area contributed by atoms with E-state index in [9.17, 15) is 4.79 Å². The van der Waals surface area contributed by atoms with Gasteiger partial charge in [-0.3, -0.25) is 4.79 Å². The van der Waals surface area contributed by atoms with Crippen LogP contribution in [-0.2, 0) is 0 Å². The van der Waals surface area contributed by atoms with E-state index in [1.54, 1.807) is 30.3 Å². The van der Waals surface area contributed by atoms with Crippen molar-refractivity contribution in [2.45, 2.75) is 0 Å². The van der Waals surface area contributed by atoms with E-state index in [1.807, 2.05) is 0 Å². The molecule has 0 atom stereocenters. The van der Waals surface area contributed by atoms with Crippen molar-refractivity contribution >= 4 is 66.7 Å². The van der Waals surface area contributed by atoms with Crippen molar-refractivity contribution in [2.75, 3.05) is 12.4 Å². The first kappa shape index (κ1) is 16.6. The predicted octanol–water partition coefficient (Wildman–Crippen LogP) is 5.78. The number of carbonyl (C=O) groups excluding carboxylic acids is 1. The monoisotopic (exact) mass is 451 g/mol. The third-order valence-electron chi connectivity index (χ3n) is 2.64. The molecule has 0 unspecified atom stereocenters. The zero-order chi connectivity index (χ0) is 15.6. The molecule has 21 heavy (non-hydrogen) atoms. The van der Waals surface area contributed by atoms with Gasteiger partial charge in [-0.15, -0.1) is 0 Å². The molecule has 110 valence electrons. The van der Waals surface area contributed by atoms with Gasteiger partial charge in [-0.1, -0.05) is 23.2 Å². The van der Waals surface area contributed by atoms with Gasteiger partial charge in [0.05, 0.1) is 22.3 Å². The molecular weight excluding hydrogens is 445 g/mol.